The lowest BCUT2D eigenvalue weighted by atomic mass is 9.98. The maximum atomic E-state index is 12.7. The van der Waals surface area contributed by atoms with Crippen molar-refractivity contribution in [1.29, 1.82) is 0 Å². The van der Waals surface area contributed by atoms with E-state index in [9.17, 15) is 9.59 Å². The van der Waals surface area contributed by atoms with Gasteiger partial charge in [-0.15, -0.1) is 0 Å². The summed E-state index contributed by atoms with van der Waals surface area (Å²) in [6, 6.07) is 14.2. The van der Waals surface area contributed by atoms with Crippen molar-refractivity contribution in [2.24, 2.45) is 0 Å². The number of rotatable bonds is 4. The average molecular weight is 519 g/mol. The molecule has 1 N–H and O–H groups in total. The van der Waals surface area contributed by atoms with Crippen LogP contribution >= 0.6 is 11.8 Å². The van der Waals surface area contributed by atoms with E-state index in [1.165, 1.54) is 18.1 Å². The second-order valence-electron chi connectivity index (χ2n) is 9.19. The van der Waals surface area contributed by atoms with Crippen LogP contribution in [-0.2, 0) is 27.3 Å². The molecule has 3 heterocycles. The minimum Gasteiger partial charge on any atom is -0.491 e. The van der Waals surface area contributed by atoms with Crippen molar-refractivity contribution in [1.82, 2.24) is 20.2 Å². The van der Waals surface area contributed by atoms with Gasteiger partial charge in [-0.3, -0.25) is 14.5 Å². The van der Waals surface area contributed by atoms with Crippen LogP contribution in [0.15, 0.2) is 61.2 Å². The predicted octanol–water partition coefficient (Wildman–Crippen LogP) is 3.09. The first-order valence-electron chi connectivity index (χ1n) is 12.5. The molecule has 37 heavy (non-hydrogen) atoms. The number of hydrogen-bond donors (Lipinski definition) is 1. The van der Waals surface area contributed by atoms with Crippen molar-refractivity contribution in [3.05, 3.63) is 77.9 Å². The second-order valence-corrected chi connectivity index (χ2v) is 10.3. The van der Waals surface area contributed by atoms with Crippen molar-refractivity contribution in [3.63, 3.8) is 0 Å². The van der Waals surface area contributed by atoms with Gasteiger partial charge in [-0.05, 0) is 40.8 Å². The highest BCUT2D eigenvalue weighted by Crippen LogP contribution is 2.28. The summed E-state index contributed by atoms with van der Waals surface area (Å²) < 4.78 is 11.9. The molecule has 1 saturated heterocycles. The number of ether oxygens (including phenoxy) is 2. The van der Waals surface area contributed by atoms with Gasteiger partial charge in [-0.2, -0.15) is 0 Å². The Balaban J connectivity index is 1.34. The van der Waals surface area contributed by atoms with Crippen molar-refractivity contribution in [2.45, 2.75) is 25.4 Å². The lowest BCUT2D eigenvalue weighted by Gasteiger charge is -2.23. The Hall–Kier alpha value is -3.27. The van der Waals surface area contributed by atoms with Crippen LogP contribution < -0.4 is 10.1 Å². The molecule has 1 unspecified atom stereocenters. The first kappa shape index (κ1) is 25.4. The summed E-state index contributed by atoms with van der Waals surface area (Å²) in [5.74, 6) is 1.47. The van der Waals surface area contributed by atoms with Crippen molar-refractivity contribution in [2.75, 3.05) is 38.7 Å². The molecule has 0 aliphatic carbocycles. The third kappa shape index (κ3) is 6.94. The molecule has 2 aliphatic rings. The summed E-state index contributed by atoms with van der Waals surface area (Å²) in [7, 11) is 0. The van der Waals surface area contributed by atoms with Gasteiger partial charge in [0.05, 0.1) is 25.8 Å². The quantitative estimate of drug-likeness (QED) is 0.563. The number of amides is 1. The number of nitrogens with one attached hydrogen (secondary N) is 1. The molecule has 1 atom stereocenters. The van der Waals surface area contributed by atoms with Crippen LogP contribution in [0.3, 0.4) is 0 Å². The molecule has 0 saturated carbocycles. The molecule has 2 bridgehead atoms. The summed E-state index contributed by atoms with van der Waals surface area (Å²) in [5.41, 5.74) is 5.34. The van der Waals surface area contributed by atoms with Gasteiger partial charge in [0.1, 0.15) is 18.7 Å². The van der Waals surface area contributed by atoms with Crippen LogP contribution in [0.4, 0.5) is 0 Å². The third-order valence-electron chi connectivity index (χ3n) is 6.42. The zero-order valence-corrected chi connectivity index (χ0v) is 21.4. The lowest BCUT2D eigenvalue weighted by molar-refractivity contribution is -0.125. The van der Waals surface area contributed by atoms with Gasteiger partial charge in [0.25, 0.3) is 0 Å². The van der Waals surface area contributed by atoms with Crippen LogP contribution in [0.5, 0.6) is 5.75 Å². The van der Waals surface area contributed by atoms with E-state index in [0.717, 1.165) is 39.3 Å². The van der Waals surface area contributed by atoms with Gasteiger partial charge >= 0.3 is 0 Å². The monoisotopic (exact) mass is 518 g/mol. The maximum absolute atomic E-state index is 12.7. The molecule has 1 fully saturated rings. The number of benzene rings is 2. The highest BCUT2D eigenvalue weighted by Gasteiger charge is 2.27. The van der Waals surface area contributed by atoms with E-state index in [0.29, 0.717) is 45.8 Å². The first-order valence-corrected chi connectivity index (χ1v) is 13.5. The summed E-state index contributed by atoms with van der Waals surface area (Å²) in [6.45, 7) is 2.79. The highest BCUT2D eigenvalue weighted by molar-refractivity contribution is 8.14. The first-order chi connectivity index (χ1) is 18.1. The normalized spacial score (nSPS) is 18.9. The molecule has 0 radical (unpaired) electrons. The Morgan fingerprint density at radius 1 is 1.05 bits per heavy atom. The van der Waals surface area contributed by atoms with E-state index in [2.05, 4.69) is 50.5 Å². The third-order valence-corrected chi connectivity index (χ3v) is 7.43. The molecular formula is C28H30N4O4S. The van der Waals surface area contributed by atoms with Gasteiger partial charge in [-0.1, -0.05) is 42.1 Å². The molecule has 8 nitrogen and oxygen atoms in total. The standard InChI is InChI=1S/C28H30N4O4S/c33-27(31-25-6-11-37-28(25)34)18-32-7-8-35-9-10-36-26-5-4-22(24-15-29-19-30-16-24)14-23(26)13-20-2-1-3-21(12-20)17-32/h1-5,12,14-16,19,25H,6-11,13,17-18H2,(H,31,33). The fourth-order valence-electron chi connectivity index (χ4n) is 4.59. The Morgan fingerprint density at radius 2 is 1.92 bits per heavy atom. The smallest absolute Gasteiger partial charge is 0.234 e. The summed E-state index contributed by atoms with van der Waals surface area (Å²) in [5, 5.41) is 2.95. The molecule has 9 heteroatoms. The van der Waals surface area contributed by atoms with Crippen molar-refractivity contribution < 1.29 is 19.1 Å². The molecule has 3 aromatic rings. The SMILES string of the molecule is O=C(CN1CCOCCOc2ccc(-c3cncnc3)cc2Cc2cccc(c2)C1)NC1CCSC1=O. The van der Waals surface area contributed by atoms with Crippen molar-refractivity contribution in [3.8, 4) is 16.9 Å². The van der Waals surface area contributed by atoms with E-state index >= 15 is 0 Å². The molecule has 192 valence electrons. The summed E-state index contributed by atoms with van der Waals surface area (Å²) in [4.78, 5) is 35.0. The maximum Gasteiger partial charge on any atom is 0.234 e. The Morgan fingerprint density at radius 3 is 2.76 bits per heavy atom. The predicted molar refractivity (Wildman–Crippen MR) is 142 cm³/mol. The molecule has 1 amide bonds. The largest absolute Gasteiger partial charge is 0.491 e. The fourth-order valence-corrected chi connectivity index (χ4v) is 5.53. The molecule has 1 aromatic heterocycles. The number of aromatic nitrogens is 2. The number of thioether (sulfide) groups is 1. The van der Waals surface area contributed by atoms with Gasteiger partial charge < -0.3 is 14.8 Å². The van der Waals surface area contributed by atoms with E-state index in [1.807, 2.05) is 12.1 Å². The van der Waals surface area contributed by atoms with Crippen LogP contribution in [0.2, 0.25) is 0 Å². The summed E-state index contributed by atoms with van der Waals surface area (Å²) >= 11 is 1.29. The van der Waals surface area contributed by atoms with Crippen LogP contribution in [0, 0.1) is 0 Å². The van der Waals surface area contributed by atoms with Gasteiger partial charge in [0, 0.05) is 43.2 Å². The molecular weight excluding hydrogens is 488 g/mol. The minimum atomic E-state index is -0.374. The number of hydrogen-bond acceptors (Lipinski definition) is 8. The van der Waals surface area contributed by atoms with E-state index in [-0.39, 0.29) is 23.6 Å². The van der Waals surface area contributed by atoms with Gasteiger partial charge in [0.15, 0.2) is 0 Å². The Bertz CT molecular complexity index is 1240. The average Bonchev–Trinajstić information content (AvgIpc) is 3.30. The Kier molecular flexibility index (Phi) is 8.45. The topological polar surface area (TPSA) is 93.7 Å². The van der Waals surface area contributed by atoms with Crippen LogP contribution in [-0.4, -0.2) is 70.6 Å². The second kappa shape index (κ2) is 12.3. The fraction of sp³-hybridized carbons (Fsp3) is 0.357. The number of carbonyl (C=O) groups excluding carboxylic acids is 2. The Labute approximate surface area is 220 Å². The zero-order chi connectivity index (χ0) is 25.5. The number of nitrogens with zero attached hydrogens (tertiary/aromatic N) is 3. The lowest BCUT2D eigenvalue weighted by Crippen LogP contribution is -2.44. The number of carbonyl (C=O) groups is 2. The van der Waals surface area contributed by atoms with Gasteiger partial charge in [0.2, 0.25) is 11.0 Å². The van der Waals surface area contributed by atoms with E-state index < -0.39 is 0 Å². The highest BCUT2D eigenvalue weighted by atomic mass is 32.2. The van der Waals surface area contributed by atoms with Crippen LogP contribution in [0.25, 0.3) is 11.1 Å². The molecule has 2 aromatic carbocycles. The molecule has 5 rings (SSSR count). The summed E-state index contributed by atoms with van der Waals surface area (Å²) in [6.07, 6.45) is 6.53. The van der Waals surface area contributed by atoms with E-state index in [4.69, 9.17) is 9.47 Å². The molecule has 2 aliphatic heterocycles. The van der Waals surface area contributed by atoms with Gasteiger partial charge in [-0.25, -0.2) is 9.97 Å². The molecule has 0 spiro atoms. The zero-order valence-electron chi connectivity index (χ0n) is 20.6. The number of fused-ring (bicyclic) bond motifs is 3. The van der Waals surface area contributed by atoms with E-state index in [1.54, 1.807) is 12.4 Å². The van der Waals surface area contributed by atoms with Crippen molar-refractivity contribution >= 4 is 22.8 Å². The minimum absolute atomic E-state index is 0.0496. The van der Waals surface area contributed by atoms with Crippen LogP contribution in [0.1, 0.15) is 23.1 Å².